The van der Waals surface area contributed by atoms with Crippen molar-refractivity contribution in [2.75, 3.05) is 5.32 Å². The van der Waals surface area contributed by atoms with Gasteiger partial charge in [0.05, 0.1) is 5.69 Å². The molecule has 0 saturated heterocycles. The average Bonchev–Trinajstić information content (AvgIpc) is 2.84. The number of fused-ring (bicyclic) bond motifs is 1. The fraction of sp³-hybridized carbons (Fsp3) is 0.235. The Morgan fingerprint density at radius 1 is 1.38 bits per heavy atom. The smallest absolute Gasteiger partial charge is 0.281 e. The zero-order valence-corrected chi connectivity index (χ0v) is 14.3. The van der Waals surface area contributed by atoms with Gasteiger partial charge in [-0.3, -0.25) is 14.0 Å². The number of nitrogens with zero attached hydrogens (tertiary/aromatic N) is 4. The van der Waals surface area contributed by atoms with Gasteiger partial charge in [-0.25, -0.2) is 4.98 Å². The van der Waals surface area contributed by atoms with E-state index in [0.29, 0.717) is 35.1 Å². The monoisotopic (exact) mass is 343 g/mol. The maximum atomic E-state index is 12.8. The minimum atomic E-state index is -0.148. The van der Waals surface area contributed by atoms with Crippen LogP contribution in [-0.4, -0.2) is 19.3 Å². The molecule has 0 aliphatic rings. The Balaban J connectivity index is 2.07. The number of benzene rings is 1. The number of hydrogen-bond acceptors (Lipinski definition) is 4. The highest BCUT2D eigenvalue weighted by Crippen LogP contribution is 2.18. The van der Waals surface area contributed by atoms with Crippen LogP contribution in [0.1, 0.15) is 11.3 Å². The van der Waals surface area contributed by atoms with Crippen molar-refractivity contribution in [3.63, 3.8) is 0 Å². The molecule has 7 heteroatoms. The highest BCUT2D eigenvalue weighted by molar-refractivity contribution is 6.31. The van der Waals surface area contributed by atoms with Crippen LogP contribution in [0.5, 0.6) is 0 Å². The van der Waals surface area contributed by atoms with Crippen molar-refractivity contribution in [3.05, 3.63) is 63.6 Å². The van der Waals surface area contributed by atoms with Gasteiger partial charge in [-0.05, 0) is 18.6 Å². The summed E-state index contributed by atoms with van der Waals surface area (Å²) in [6.07, 6.45) is 1.67. The summed E-state index contributed by atoms with van der Waals surface area (Å²) in [5.74, 6) is 0.475. The van der Waals surface area contributed by atoms with Crippen molar-refractivity contribution in [2.45, 2.75) is 20.0 Å². The van der Waals surface area contributed by atoms with Gasteiger partial charge in [0.1, 0.15) is 5.52 Å². The van der Waals surface area contributed by atoms with Crippen LogP contribution in [0.2, 0.25) is 5.02 Å². The molecule has 0 spiro atoms. The number of hydrogen-bond donors (Lipinski definition) is 1. The van der Waals surface area contributed by atoms with Crippen molar-refractivity contribution in [1.29, 1.82) is 0 Å². The first kappa shape index (κ1) is 16.3. The lowest BCUT2D eigenvalue weighted by molar-refractivity contribution is 0.742. The molecule has 0 radical (unpaired) electrons. The summed E-state index contributed by atoms with van der Waals surface area (Å²) < 4.78 is 3.12. The molecule has 2 heterocycles. The lowest BCUT2D eigenvalue weighted by Crippen LogP contribution is -2.26. The molecule has 0 amide bonds. The molecule has 0 aliphatic carbocycles. The Bertz CT molecular complexity index is 973. The fourth-order valence-electron chi connectivity index (χ4n) is 2.66. The zero-order chi connectivity index (χ0) is 17.3. The van der Waals surface area contributed by atoms with Gasteiger partial charge in [0.25, 0.3) is 5.56 Å². The van der Waals surface area contributed by atoms with Crippen LogP contribution < -0.4 is 10.9 Å². The van der Waals surface area contributed by atoms with Crippen LogP contribution in [0.25, 0.3) is 11.0 Å². The summed E-state index contributed by atoms with van der Waals surface area (Å²) >= 11 is 6.19. The van der Waals surface area contributed by atoms with Crippen LogP contribution in [0.3, 0.4) is 0 Å². The number of aromatic nitrogens is 4. The minimum absolute atomic E-state index is 0.148. The van der Waals surface area contributed by atoms with Crippen LogP contribution in [-0.2, 0) is 20.1 Å². The van der Waals surface area contributed by atoms with Crippen molar-refractivity contribution >= 4 is 28.6 Å². The van der Waals surface area contributed by atoms with Crippen molar-refractivity contribution in [2.24, 2.45) is 7.05 Å². The Kier molecular flexibility index (Phi) is 4.40. The molecule has 0 unspecified atom stereocenters. The van der Waals surface area contributed by atoms with Gasteiger partial charge < -0.3 is 5.32 Å². The summed E-state index contributed by atoms with van der Waals surface area (Å²) in [7, 11) is 1.74. The lowest BCUT2D eigenvalue weighted by Gasteiger charge is -2.13. The second-order valence-electron chi connectivity index (χ2n) is 5.49. The number of anilines is 1. The van der Waals surface area contributed by atoms with Gasteiger partial charge in [-0.1, -0.05) is 35.9 Å². The summed E-state index contributed by atoms with van der Waals surface area (Å²) in [5, 5.41) is 8.17. The second kappa shape index (κ2) is 6.49. The number of halogens is 1. The van der Waals surface area contributed by atoms with E-state index in [4.69, 9.17) is 11.6 Å². The number of aryl methyl sites for hydroxylation is 2. The quantitative estimate of drug-likeness (QED) is 0.723. The third-order valence-corrected chi connectivity index (χ3v) is 4.19. The Hall–Kier alpha value is -2.60. The van der Waals surface area contributed by atoms with Gasteiger partial charge in [-0.2, -0.15) is 5.10 Å². The van der Waals surface area contributed by atoms with Gasteiger partial charge >= 0.3 is 0 Å². The van der Waals surface area contributed by atoms with Crippen molar-refractivity contribution in [3.8, 4) is 0 Å². The van der Waals surface area contributed by atoms with Crippen molar-refractivity contribution < 1.29 is 0 Å². The highest BCUT2D eigenvalue weighted by Gasteiger charge is 2.16. The number of allylic oxidation sites excluding steroid dienone is 1. The molecule has 1 aromatic carbocycles. The first-order valence-corrected chi connectivity index (χ1v) is 7.93. The first-order valence-electron chi connectivity index (χ1n) is 7.55. The standard InChI is InChI=1S/C17H18ClN5O/c1-4-9-23-16(24)15-14(11(2)21-22(15)3)20-17(23)19-10-12-7-5-6-8-13(12)18/h4-8H,1,9-10H2,2-3H3,(H,19,20). The maximum absolute atomic E-state index is 12.8. The van der Waals surface area contributed by atoms with E-state index in [1.807, 2.05) is 31.2 Å². The molecule has 2 aromatic heterocycles. The summed E-state index contributed by atoms with van der Waals surface area (Å²) in [4.78, 5) is 17.4. The Morgan fingerprint density at radius 2 is 2.12 bits per heavy atom. The molecular weight excluding hydrogens is 326 g/mol. The Labute approximate surface area is 144 Å². The largest absolute Gasteiger partial charge is 0.351 e. The van der Waals surface area contributed by atoms with E-state index in [9.17, 15) is 4.79 Å². The molecule has 0 bridgehead atoms. The zero-order valence-electron chi connectivity index (χ0n) is 13.6. The molecule has 6 nitrogen and oxygen atoms in total. The van der Waals surface area contributed by atoms with Crippen LogP contribution >= 0.6 is 11.6 Å². The topological polar surface area (TPSA) is 64.7 Å². The number of rotatable bonds is 5. The second-order valence-corrected chi connectivity index (χ2v) is 5.90. The summed E-state index contributed by atoms with van der Waals surface area (Å²) in [6.45, 7) is 6.38. The normalized spacial score (nSPS) is 11.0. The molecule has 3 rings (SSSR count). The van der Waals surface area contributed by atoms with Gasteiger partial charge in [0.2, 0.25) is 5.95 Å². The predicted molar refractivity (Wildman–Crippen MR) is 96.5 cm³/mol. The maximum Gasteiger partial charge on any atom is 0.281 e. The van der Waals surface area contributed by atoms with E-state index in [0.717, 1.165) is 11.3 Å². The molecule has 0 saturated carbocycles. The molecule has 24 heavy (non-hydrogen) atoms. The van der Waals surface area contributed by atoms with E-state index < -0.39 is 0 Å². The highest BCUT2D eigenvalue weighted by atomic mass is 35.5. The van der Waals surface area contributed by atoms with Gasteiger partial charge in [0, 0.05) is 25.2 Å². The molecule has 3 aromatic rings. The van der Waals surface area contributed by atoms with E-state index in [-0.39, 0.29) is 5.56 Å². The van der Waals surface area contributed by atoms with Gasteiger partial charge in [-0.15, -0.1) is 6.58 Å². The number of nitrogens with one attached hydrogen (secondary N) is 1. The lowest BCUT2D eigenvalue weighted by atomic mass is 10.2. The van der Waals surface area contributed by atoms with E-state index >= 15 is 0 Å². The summed E-state index contributed by atoms with van der Waals surface area (Å²) in [5.41, 5.74) is 2.59. The molecule has 1 N–H and O–H groups in total. The summed E-state index contributed by atoms with van der Waals surface area (Å²) in [6, 6.07) is 7.56. The predicted octanol–water partition coefficient (Wildman–Crippen LogP) is 2.89. The van der Waals surface area contributed by atoms with Crippen molar-refractivity contribution in [1.82, 2.24) is 19.3 Å². The molecule has 0 fully saturated rings. The van der Waals surface area contributed by atoms with E-state index in [1.165, 1.54) is 0 Å². The molecule has 124 valence electrons. The van der Waals surface area contributed by atoms with Gasteiger partial charge in [0.15, 0.2) is 5.52 Å². The average molecular weight is 344 g/mol. The first-order chi connectivity index (χ1) is 11.5. The molecule has 0 atom stereocenters. The fourth-order valence-corrected chi connectivity index (χ4v) is 2.86. The third kappa shape index (κ3) is 2.80. The van der Waals surface area contributed by atoms with Crippen LogP contribution in [0.15, 0.2) is 41.7 Å². The molecular formula is C17H18ClN5O. The Morgan fingerprint density at radius 3 is 2.83 bits per heavy atom. The SMILES string of the molecule is C=CCn1c(NCc2ccccc2Cl)nc2c(C)nn(C)c2c1=O. The third-order valence-electron chi connectivity index (χ3n) is 3.82. The van der Waals surface area contributed by atoms with E-state index in [1.54, 1.807) is 22.4 Å². The van der Waals surface area contributed by atoms with E-state index in [2.05, 4.69) is 22.0 Å². The molecule has 0 aliphatic heterocycles. The van der Waals surface area contributed by atoms with Crippen LogP contribution in [0.4, 0.5) is 5.95 Å². The van der Waals surface area contributed by atoms with Crippen LogP contribution in [0, 0.1) is 6.92 Å². The minimum Gasteiger partial charge on any atom is -0.351 e.